The Morgan fingerprint density at radius 1 is 0.951 bits per heavy atom. The van der Waals surface area contributed by atoms with Crippen LogP contribution in [0.4, 0.5) is 0 Å². The number of carbonyl (C=O) groups is 1. The van der Waals surface area contributed by atoms with Gasteiger partial charge in [0.25, 0.3) is 0 Å². The second kappa shape index (κ2) is 10.9. The number of nitriles is 1. The maximum atomic E-state index is 13.3. The van der Waals surface area contributed by atoms with Crippen LogP contribution >= 0.6 is 11.6 Å². The Morgan fingerprint density at radius 2 is 1.73 bits per heavy atom. The lowest BCUT2D eigenvalue weighted by Crippen LogP contribution is -2.16. The van der Waals surface area contributed by atoms with Gasteiger partial charge in [0.05, 0.1) is 55.5 Å². The number of H-pyrrole nitrogens is 1. The first kappa shape index (κ1) is 26.3. The fourth-order valence-electron chi connectivity index (χ4n) is 4.62. The predicted octanol–water partition coefficient (Wildman–Crippen LogP) is 6.32. The first-order valence-electron chi connectivity index (χ1n) is 12.5. The number of aromatic nitrogens is 3. The number of nitrogens with one attached hydrogen (secondary N) is 1. The van der Waals surface area contributed by atoms with E-state index in [1.54, 1.807) is 42.6 Å². The minimum atomic E-state index is -1.66. The van der Waals surface area contributed by atoms with E-state index in [0.29, 0.717) is 37.6 Å². The summed E-state index contributed by atoms with van der Waals surface area (Å²) in [4.78, 5) is 39.0. The molecule has 0 aliphatic carbocycles. The van der Waals surface area contributed by atoms with Gasteiger partial charge in [0.2, 0.25) is 0 Å². The number of pyridine rings is 3. The molecule has 1 unspecified atom stereocenters. The minimum Gasteiger partial charge on any atom is -0.337 e. The standard InChI is InChI=1S/C32H19ClN4O3S/c33-26-14-22(13-21-7-4-12-35-31(21)26)24-15-25-28(38)16-27(36-32(25)37-30(24)20-5-2-1-3-6-20)29(39)18-41(40)23-10-8-19(17-34)9-11-23/h1-16H,18H2,(H,36,37,38). The van der Waals surface area contributed by atoms with Gasteiger partial charge in [-0.15, -0.1) is 0 Å². The van der Waals surface area contributed by atoms with Gasteiger partial charge in [-0.3, -0.25) is 18.8 Å². The van der Waals surface area contributed by atoms with E-state index < -0.39 is 22.0 Å². The molecule has 0 fully saturated rings. The van der Waals surface area contributed by atoms with Crippen LogP contribution in [0.5, 0.6) is 0 Å². The average Bonchev–Trinajstić information content (AvgIpc) is 3.01. The molecule has 7 nitrogen and oxygen atoms in total. The SMILES string of the molecule is N#Cc1ccc(S(=O)CC(=O)c2cc(=O)c3cc(-c4cc(Cl)c5ncccc5c4)c(-c4ccccc4)nc3[nH]2)cc1. The highest BCUT2D eigenvalue weighted by molar-refractivity contribution is 7.85. The molecule has 0 saturated carbocycles. The van der Waals surface area contributed by atoms with Gasteiger partial charge in [0.1, 0.15) is 5.65 Å². The number of rotatable bonds is 6. The largest absolute Gasteiger partial charge is 0.337 e. The van der Waals surface area contributed by atoms with Crippen molar-refractivity contribution in [2.24, 2.45) is 0 Å². The first-order valence-corrected chi connectivity index (χ1v) is 14.2. The van der Waals surface area contributed by atoms with Gasteiger partial charge in [-0.2, -0.15) is 5.26 Å². The summed E-state index contributed by atoms with van der Waals surface area (Å²) in [7, 11) is -1.66. The third-order valence-electron chi connectivity index (χ3n) is 6.64. The molecule has 41 heavy (non-hydrogen) atoms. The fourth-order valence-corrected chi connectivity index (χ4v) is 5.90. The molecule has 3 heterocycles. The molecule has 9 heteroatoms. The highest BCUT2D eigenvalue weighted by atomic mass is 35.5. The number of Topliss-reactive ketones (excluding diaryl/α,β-unsaturated/α-hetero) is 1. The van der Waals surface area contributed by atoms with Crippen molar-refractivity contribution in [2.75, 3.05) is 5.75 Å². The number of nitrogens with zero attached hydrogens (tertiary/aromatic N) is 3. The molecule has 0 bridgehead atoms. The smallest absolute Gasteiger partial charge is 0.192 e. The number of hydrogen-bond donors (Lipinski definition) is 1. The molecule has 198 valence electrons. The van der Waals surface area contributed by atoms with Crippen LogP contribution in [0.3, 0.4) is 0 Å². The fraction of sp³-hybridized carbons (Fsp3) is 0.0312. The molecule has 3 aromatic heterocycles. The summed E-state index contributed by atoms with van der Waals surface area (Å²) in [5.41, 5.74) is 3.83. The van der Waals surface area contributed by atoms with Crippen molar-refractivity contribution < 1.29 is 9.00 Å². The highest BCUT2D eigenvalue weighted by Gasteiger charge is 2.19. The quantitative estimate of drug-likeness (QED) is 0.233. The van der Waals surface area contributed by atoms with Gasteiger partial charge < -0.3 is 4.98 Å². The van der Waals surface area contributed by atoms with Crippen LogP contribution in [0.15, 0.2) is 107 Å². The minimum absolute atomic E-state index is 0.0172. The van der Waals surface area contributed by atoms with Crippen molar-refractivity contribution in [1.29, 1.82) is 5.26 Å². The topological polar surface area (TPSA) is 117 Å². The molecule has 0 amide bonds. The number of fused-ring (bicyclic) bond motifs is 2. The third kappa shape index (κ3) is 5.16. The molecule has 6 rings (SSSR count). The number of halogens is 1. The van der Waals surface area contributed by atoms with Gasteiger partial charge in [0.15, 0.2) is 11.2 Å². The number of aromatic amines is 1. The zero-order chi connectivity index (χ0) is 28.5. The number of hydrogen-bond acceptors (Lipinski definition) is 6. The van der Waals surface area contributed by atoms with E-state index in [2.05, 4.69) is 9.97 Å². The zero-order valence-electron chi connectivity index (χ0n) is 21.3. The normalized spacial score (nSPS) is 11.8. The Kier molecular flexibility index (Phi) is 6.98. The Bertz CT molecular complexity index is 2100. The van der Waals surface area contributed by atoms with Gasteiger partial charge in [-0.1, -0.05) is 48.0 Å². The zero-order valence-corrected chi connectivity index (χ0v) is 22.9. The van der Waals surface area contributed by atoms with E-state index in [-0.39, 0.29) is 17.1 Å². The summed E-state index contributed by atoms with van der Waals surface area (Å²) in [5, 5.41) is 10.6. The Hall–Kier alpha value is -4.97. The molecule has 6 aromatic rings. The lowest BCUT2D eigenvalue weighted by atomic mass is 9.96. The highest BCUT2D eigenvalue weighted by Crippen LogP contribution is 2.36. The maximum absolute atomic E-state index is 13.3. The maximum Gasteiger partial charge on any atom is 0.192 e. The molecule has 0 saturated heterocycles. The van der Waals surface area contributed by atoms with Gasteiger partial charge in [-0.25, -0.2) is 4.98 Å². The first-order chi connectivity index (χ1) is 19.9. The van der Waals surface area contributed by atoms with Gasteiger partial charge in [-0.05, 0) is 54.1 Å². The van der Waals surface area contributed by atoms with Crippen molar-refractivity contribution in [2.45, 2.75) is 4.90 Å². The van der Waals surface area contributed by atoms with Crippen molar-refractivity contribution in [3.05, 3.63) is 124 Å². The van der Waals surface area contributed by atoms with Crippen LogP contribution < -0.4 is 5.43 Å². The summed E-state index contributed by atoms with van der Waals surface area (Å²) in [5.74, 6) is -0.826. The van der Waals surface area contributed by atoms with E-state index >= 15 is 0 Å². The summed E-state index contributed by atoms with van der Waals surface area (Å²) in [6, 6.07) is 28.2. The van der Waals surface area contributed by atoms with Crippen LogP contribution in [-0.4, -0.2) is 30.7 Å². The molecule has 3 aromatic carbocycles. The Labute approximate surface area is 241 Å². The molecule has 0 aliphatic rings. The summed E-state index contributed by atoms with van der Waals surface area (Å²) < 4.78 is 12.8. The number of benzene rings is 3. The summed E-state index contributed by atoms with van der Waals surface area (Å²) in [6.07, 6.45) is 1.68. The number of ketones is 1. The monoisotopic (exact) mass is 574 g/mol. The summed E-state index contributed by atoms with van der Waals surface area (Å²) >= 11 is 6.59. The molecule has 0 radical (unpaired) electrons. The Morgan fingerprint density at radius 3 is 2.49 bits per heavy atom. The van der Waals surface area contributed by atoms with Crippen molar-refractivity contribution in [3.63, 3.8) is 0 Å². The molecule has 1 atom stereocenters. The molecule has 1 N–H and O–H groups in total. The molecule has 0 aliphatic heterocycles. The second-order valence-electron chi connectivity index (χ2n) is 9.28. The summed E-state index contributed by atoms with van der Waals surface area (Å²) in [6.45, 7) is 0. The van der Waals surface area contributed by atoms with Crippen LogP contribution in [0, 0.1) is 11.3 Å². The van der Waals surface area contributed by atoms with E-state index in [1.807, 2.05) is 54.6 Å². The second-order valence-corrected chi connectivity index (χ2v) is 11.1. The van der Waals surface area contributed by atoms with E-state index in [0.717, 1.165) is 16.5 Å². The number of carbonyl (C=O) groups excluding carboxylic acids is 1. The van der Waals surface area contributed by atoms with Gasteiger partial charge in [0, 0.05) is 33.7 Å². The Balaban J connectivity index is 1.45. The van der Waals surface area contributed by atoms with Crippen LogP contribution in [0.25, 0.3) is 44.3 Å². The average molecular weight is 575 g/mol. The van der Waals surface area contributed by atoms with E-state index in [9.17, 15) is 13.8 Å². The van der Waals surface area contributed by atoms with Gasteiger partial charge >= 0.3 is 0 Å². The molecular weight excluding hydrogens is 556 g/mol. The van der Waals surface area contributed by atoms with Crippen molar-refractivity contribution >= 4 is 50.1 Å². The van der Waals surface area contributed by atoms with Crippen molar-refractivity contribution in [1.82, 2.24) is 15.0 Å². The van der Waals surface area contributed by atoms with Crippen LogP contribution in [-0.2, 0) is 10.8 Å². The predicted molar refractivity (Wildman–Crippen MR) is 160 cm³/mol. The molecule has 0 spiro atoms. The van der Waals surface area contributed by atoms with Crippen molar-refractivity contribution in [3.8, 4) is 28.5 Å². The third-order valence-corrected chi connectivity index (χ3v) is 8.25. The van der Waals surface area contributed by atoms with E-state index in [4.69, 9.17) is 21.8 Å². The lowest BCUT2D eigenvalue weighted by molar-refractivity contribution is 0.101. The van der Waals surface area contributed by atoms with Crippen LogP contribution in [0.1, 0.15) is 16.1 Å². The van der Waals surface area contributed by atoms with E-state index in [1.165, 1.54) is 6.07 Å². The molecular formula is C32H19ClN4O3S. The lowest BCUT2D eigenvalue weighted by Gasteiger charge is -2.13. The van der Waals surface area contributed by atoms with Crippen LogP contribution in [0.2, 0.25) is 5.02 Å².